The zero-order chi connectivity index (χ0) is 10.9. The molecule has 0 aromatic carbocycles. The first-order valence-electron chi connectivity index (χ1n) is 5.00. The number of rotatable bonds is 4. The van der Waals surface area contributed by atoms with Crippen LogP contribution in [0.4, 0.5) is 4.39 Å². The van der Waals surface area contributed by atoms with E-state index in [1.807, 2.05) is 0 Å². The molecule has 0 spiro atoms. The summed E-state index contributed by atoms with van der Waals surface area (Å²) >= 11 is 0. The van der Waals surface area contributed by atoms with Gasteiger partial charge in [-0.05, 0) is 24.8 Å². The Balaban J connectivity index is 2.35. The molecule has 0 radical (unpaired) electrons. The summed E-state index contributed by atoms with van der Waals surface area (Å²) in [4.78, 5) is 3.67. The average Bonchev–Trinajstić information content (AvgIpc) is 3.02. The number of methoxy groups -OCH3 is 1. The Hall–Kier alpha value is -1.00. The van der Waals surface area contributed by atoms with Crippen molar-refractivity contribution in [1.29, 1.82) is 0 Å². The highest BCUT2D eigenvalue weighted by atomic mass is 19.1. The van der Waals surface area contributed by atoms with Gasteiger partial charge in [0, 0.05) is 18.9 Å². The normalized spacial score (nSPS) is 19.9. The third kappa shape index (κ3) is 1.87. The van der Waals surface area contributed by atoms with Crippen molar-refractivity contribution in [1.82, 2.24) is 4.98 Å². The zero-order valence-corrected chi connectivity index (χ0v) is 8.61. The van der Waals surface area contributed by atoms with Crippen molar-refractivity contribution in [3.63, 3.8) is 0 Å². The summed E-state index contributed by atoms with van der Waals surface area (Å²) < 4.78 is 18.5. The van der Waals surface area contributed by atoms with Crippen LogP contribution in [0.25, 0.3) is 0 Å². The molecule has 3 nitrogen and oxygen atoms in total. The summed E-state index contributed by atoms with van der Waals surface area (Å²) in [5, 5.41) is 10.4. The maximum atomic E-state index is 13.5. The molecule has 1 fully saturated rings. The molecule has 1 atom stereocenters. The highest BCUT2D eigenvalue weighted by molar-refractivity contribution is 5.24. The summed E-state index contributed by atoms with van der Waals surface area (Å²) in [6, 6.07) is 1.52. The van der Waals surface area contributed by atoms with Crippen LogP contribution in [0, 0.1) is 11.7 Å². The maximum absolute atomic E-state index is 13.5. The molecular weight excluding hydrogens is 197 g/mol. The van der Waals surface area contributed by atoms with Crippen LogP contribution in [-0.4, -0.2) is 23.8 Å². The van der Waals surface area contributed by atoms with Gasteiger partial charge in [0.2, 0.25) is 0 Å². The van der Waals surface area contributed by atoms with Crippen molar-refractivity contribution in [2.24, 2.45) is 5.92 Å². The van der Waals surface area contributed by atoms with E-state index in [0.717, 1.165) is 19.0 Å². The Kier molecular flexibility index (Phi) is 2.71. The molecule has 0 aliphatic heterocycles. The van der Waals surface area contributed by atoms with Gasteiger partial charge in [-0.15, -0.1) is 0 Å². The van der Waals surface area contributed by atoms with Crippen molar-refractivity contribution in [3.8, 4) is 0 Å². The standard InChI is InChI=1S/C11H14FNO2/c1-15-7-11(14,8-2-3-8)9-4-5-13-6-10(9)12/h4-6,8,14H,2-3,7H2,1H3. The molecule has 1 saturated carbocycles. The molecule has 0 amide bonds. The van der Waals surface area contributed by atoms with Gasteiger partial charge in [-0.3, -0.25) is 4.98 Å². The Labute approximate surface area is 87.9 Å². The highest BCUT2D eigenvalue weighted by Crippen LogP contribution is 2.46. The molecule has 15 heavy (non-hydrogen) atoms. The van der Waals surface area contributed by atoms with E-state index in [1.54, 1.807) is 0 Å². The Bertz CT molecular complexity index is 354. The Morgan fingerprint density at radius 1 is 1.67 bits per heavy atom. The number of halogens is 1. The number of pyridine rings is 1. The van der Waals surface area contributed by atoms with Crippen molar-refractivity contribution in [2.45, 2.75) is 18.4 Å². The lowest BCUT2D eigenvalue weighted by atomic mass is 9.90. The highest BCUT2D eigenvalue weighted by Gasteiger charge is 2.46. The van der Waals surface area contributed by atoms with Gasteiger partial charge in [0.15, 0.2) is 0 Å². The second-order valence-corrected chi connectivity index (χ2v) is 3.99. The van der Waals surface area contributed by atoms with E-state index in [9.17, 15) is 9.50 Å². The lowest BCUT2D eigenvalue weighted by Crippen LogP contribution is -2.34. The SMILES string of the molecule is COCC(O)(c1ccncc1F)C1CC1. The lowest BCUT2D eigenvalue weighted by Gasteiger charge is -2.28. The summed E-state index contributed by atoms with van der Waals surface area (Å²) in [6.07, 6.45) is 4.45. The van der Waals surface area contributed by atoms with Crippen LogP contribution in [0.1, 0.15) is 18.4 Å². The molecule has 1 N–H and O–H groups in total. The van der Waals surface area contributed by atoms with E-state index in [4.69, 9.17) is 4.74 Å². The van der Waals surface area contributed by atoms with Crippen molar-refractivity contribution in [2.75, 3.05) is 13.7 Å². The van der Waals surface area contributed by atoms with Crippen LogP contribution >= 0.6 is 0 Å². The van der Waals surface area contributed by atoms with Gasteiger partial charge in [-0.2, -0.15) is 0 Å². The molecule has 1 heterocycles. The average molecular weight is 211 g/mol. The third-order valence-electron chi connectivity index (χ3n) is 2.86. The molecule has 1 aliphatic carbocycles. The first-order valence-corrected chi connectivity index (χ1v) is 5.00. The molecule has 1 aromatic rings. The summed E-state index contributed by atoms with van der Waals surface area (Å²) in [5.74, 6) is -0.363. The largest absolute Gasteiger partial charge is 0.382 e. The topological polar surface area (TPSA) is 42.4 Å². The van der Waals surface area contributed by atoms with E-state index >= 15 is 0 Å². The number of nitrogens with zero attached hydrogens (tertiary/aromatic N) is 1. The van der Waals surface area contributed by atoms with Gasteiger partial charge in [0.25, 0.3) is 0 Å². The van der Waals surface area contributed by atoms with E-state index in [0.29, 0.717) is 5.56 Å². The summed E-state index contributed by atoms with van der Waals surface area (Å²) in [7, 11) is 1.51. The van der Waals surface area contributed by atoms with Crippen LogP contribution < -0.4 is 0 Å². The van der Waals surface area contributed by atoms with Crippen LogP contribution in [0.5, 0.6) is 0 Å². The van der Waals surface area contributed by atoms with Crippen LogP contribution in [0.3, 0.4) is 0 Å². The minimum absolute atomic E-state index is 0.106. The van der Waals surface area contributed by atoms with E-state index < -0.39 is 11.4 Å². The first kappa shape index (κ1) is 10.5. The van der Waals surface area contributed by atoms with Gasteiger partial charge in [0.1, 0.15) is 11.4 Å². The molecule has 4 heteroatoms. The van der Waals surface area contributed by atoms with Gasteiger partial charge in [0.05, 0.1) is 12.8 Å². The summed E-state index contributed by atoms with van der Waals surface area (Å²) in [6.45, 7) is 0.124. The third-order valence-corrected chi connectivity index (χ3v) is 2.86. The molecule has 1 unspecified atom stereocenters. The second kappa shape index (κ2) is 3.87. The zero-order valence-electron chi connectivity index (χ0n) is 8.61. The fourth-order valence-electron chi connectivity index (χ4n) is 1.92. The minimum Gasteiger partial charge on any atom is -0.382 e. The van der Waals surface area contributed by atoms with Crippen molar-refractivity contribution < 1.29 is 14.2 Å². The molecule has 1 aliphatic rings. The number of ether oxygens (including phenoxy) is 1. The fraction of sp³-hybridized carbons (Fsp3) is 0.545. The molecule has 0 saturated heterocycles. The fourth-order valence-corrected chi connectivity index (χ4v) is 1.92. The Morgan fingerprint density at radius 3 is 2.93 bits per heavy atom. The predicted molar refractivity (Wildman–Crippen MR) is 52.7 cm³/mol. The number of hydrogen-bond donors (Lipinski definition) is 1. The minimum atomic E-state index is -1.19. The number of aromatic nitrogens is 1. The maximum Gasteiger partial charge on any atom is 0.147 e. The molecular formula is C11H14FNO2. The second-order valence-electron chi connectivity index (χ2n) is 3.99. The molecule has 82 valence electrons. The van der Waals surface area contributed by atoms with E-state index in [2.05, 4.69) is 4.98 Å². The van der Waals surface area contributed by atoms with E-state index in [-0.39, 0.29) is 12.5 Å². The van der Waals surface area contributed by atoms with E-state index in [1.165, 1.54) is 19.4 Å². The predicted octanol–water partition coefficient (Wildman–Crippen LogP) is 1.46. The van der Waals surface area contributed by atoms with Crippen molar-refractivity contribution >= 4 is 0 Å². The molecule has 2 rings (SSSR count). The lowest BCUT2D eigenvalue weighted by molar-refractivity contribution is -0.0556. The van der Waals surface area contributed by atoms with Gasteiger partial charge in [-0.25, -0.2) is 4.39 Å². The number of hydrogen-bond acceptors (Lipinski definition) is 3. The molecule has 1 aromatic heterocycles. The first-order chi connectivity index (χ1) is 7.18. The summed E-state index contributed by atoms with van der Waals surface area (Å²) in [5.41, 5.74) is -0.899. The van der Waals surface area contributed by atoms with Crippen LogP contribution in [-0.2, 0) is 10.3 Å². The van der Waals surface area contributed by atoms with Crippen LogP contribution in [0.2, 0.25) is 0 Å². The number of aliphatic hydroxyl groups is 1. The monoisotopic (exact) mass is 211 g/mol. The van der Waals surface area contributed by atoms with Crippen molar-refractivity contribution in [3.05, 3.63) is 29.8 Å². The quantitative estimate of drug-likeness (QED) is 0.820. The van der Waals surface area contributed by atoms with Gasteiger partial charge < -0.3 is 9.84 Å². The smallest absolute Gasteiger partial charge is 0.147 e. The van der Waals surface area contributed by atoms with Gasteiger partial charge in [-0.1, -0.05) is 0 Å². The van der Waals surface area contributed by atoms with Crippen LogP contribution in [0.15, 0.2) is 18.5 Å². The van der Waals surface area contributed by atoms with Gasteiger partial charge >= 0.3 is 0 Å². The molecule has 0 bridgehead atoms. The Morgan fingerprint density at radius 2 is 2.40 bits per heavy atom.